The number of anilines is 1. The third-order valence-electron chi connectivity index (χ3n) is 3.17. The lowest BCUT2D eigenvalue weighted by Crippen LogP contribution is -2.21. The Hall–Kier alpha value is -0.990. The molecule has 0 aliphatic heterocycles. The summed E-state index contributed by atoms with van der Waals surface area (Å²) in [7, 11) is 0. The highest BCUT2D eigenvalue weighted by molar-refractivity contribution is 5.39. The van der Waals surface area contributed by atoms with Crippen LogP contribution in [0.3, 0.4) is 0 Å². The molecule has 14 heavy (non-hydrogen) atoms. The van der Waals surface area contributed by atoms with Crippen LogP contribution in [0.25, 0.3) is 0 Å². The van der Waals surface area contributed by atoms with Gasteiger partial charge in [-0.05, 0) is 25.7 Å². The summed E-state index contributed by atoms with van der Waals surface area (Å²) in [5.74, 6) is 0.806. The quantitative estimate of drug-likeness (QED) is 0.799. The smallest absolute Gasteiger partial charge is 0.0728 e. The lowest BCUT2D eigenvalue weighted by Gasteiger charge is -2.16. The van der Waals surface area contributed by atoms with Gasteiger partial charge in [0.1, 0.15) is 0 Å². The van der Waals surface area contributed by atoms with Crippen LogP contribution in [0.4, 0.5) is 5.69 Å². The maximum absolute atomic E-state index is 4.26. The van der Waals surface area contributed by atoms with Crippen LogP contribution in [0.15, 0.2) is 12.4 Å². The molecule has 1 aliphatic rings. The Labute approximate surface area is 85.5 Å². The van der Waals surface area contributed by atoms with E-state index in [1.807, 2.05) is 10.9 Å². The second-order valence-electron chi connectivity index (χ2n) is 4.24. The first-order valence-corrected chi connectivity index (χ1v) is 5.58. The number of nitrogens with zero attached hydrogens (tertiary/aromatic N) is 2. The topological polar surface area (TPSA) is 29.9 Å². The molecule has 1 heterocycles. The number of aromatic nitrogens is 2. The van der Waals surface area contributed by atoms with Gasteiger partial charge in [-0.1, -0.05) is 13.3 Å². The zero-order valence-corrected chi connectivity index (χ0v) is 9.03. The maximum Gasteiger partial charge on any atom is 0.0728 e. The Bertz CT molecular complexity index is 292. The highest BCUT2D eigenvalue weighted by Crippen LogP contribution is 2.27. The number of aryl methyl sites for hydroxylation is 1. The highest BCUT2D eigenvalue weighted by Gasteiger charge is 2.23. The molecule has 0 bridgehead atoms. The van der Waals surface area contributed by atoms with Gasteiger partial charge in [-0.3, -0.25) is 4.68 Å². The minimum atomic E-state index is 0.657. The van der Waals surface area contributed by atoms with E-state index in [0.29, 0.717) is 6.04 Å². The molecule has 0 amide bonds. The largest absolute Gasteiger partial charge is 0.380 e. The van der Waals surface area contributed by atoms with Crippen molar-refractivity contribution in [3.8, 4) is 0 Å². The van der Waals surface area contributed by atoms with Crippen LogP contribution in [-0.4, -0.2) is 15.8 Å². The molecular formula is C11H19N3. The van der Waals surface area contributed by atoms with Crippen LogP contribution >= 0.6 is 0 Å². The Kier molecular flexibility index (Phi) is 2.75. The summed E-state index contributed by atoms with van der Waals surface area (Å²) in [5.41, 5.74) is 1.17. The van der Waals surface area contributed by atoms with Crippen molar-refractivity contribution in [1.29, 1.82) is 0 Å². The van der Waals surface area contributed by atoms with Gasteiger partial charge in [-0.2, -0.15) is 5.10 Å². The van der Waals surface area contributed by atoms with Crippen molar-refractivity contribution in [3.05, 3.63) is 12.4 Å². The van der Waals surface area contributed by atoms with Gasteiger partial charge in [0.2, 0.25) is 0 Å². The number of nitrogens with one attached hydrogen (secondary N) is 1. The van der Waals surface area contributed by atoms with Crippen molar-refractivity contribution in [1.82, 2.24) is 9.78 Å². The van der Waals surface area contributed by atoms with Gasteiger partial charge in [0.25, 0.3) is 0 Å². The minimum absolute atomic E-state index is 0.657. The molecule has 1 saturated carbocycles. The fourth-order valence-corrected chi connectivity index (χ4v) is 2.18. The summed E-state index contributed by atoms with van der Waals surface area (Å²) < 4.78 is 1.96. The van der Waals surface area contributed by atoms with E-state index in [1.165, 1.54) is 24.9 Å². The van der Waals surface area contributed by atoms with Crippen molar-refractivity contribution in [2.45, 2.75) is 45.7 Å². The molecule has 78 valence electrons. The molecule has 1 fully saturated rings. The first-order valence-electron chi connectivity index (χ1n) is 5.58. The Morgan fingerprint density at radius 2 is 2.43 bits per heavy atom. The summed E-state index contributed by atoms with van der Waals surface area (Å²) in [6.07, 6.45) is 8.04. The molecule has 0 aromatic carbocycles. The van der Waals surface area contributed by atoms with E-state index in [4.69, 9.17) is 0 Å². The molecule has 2 rings (SSSR count). The van der Waals surface area contributed by atoms with Gasteiger partial charge in [-0.15, -0.1) is 0 Å². The molecule has 0 saturated heterocycles. The van der Waals surface area contributed by atoms with Crippen molar-refractivity contribution in [3.63, 3.8) is 0 Å². The van der Waals surface area contributed by atoms with Crippen LogP contribution in [0.2, 0.25) is 0 Å². The fourth-order valence-electron chi connectivity index (χ4n) is 2.18. The van der Waals surface area contributed by atoms with Crippen LogP contribution in [0.1, 0.15) is 33.1 Å². The predicted octanol–water partition coefficient (Wildman–Crippen LogP) is 2.50. The summed E-state index contributed by atoms with van der Waals surface area (Å²) in [4.78, 5) is 0. The molecule has 0 radical (unpaired) electrons. The normalized spacial score (nSPS) is 26.7. The predicted molar refractivity (Wildman–Crippen MR) is 58.3 cm³/mol. The molecular weight excluding hydrogens is 174 g/mol. The first-order chi connectivity index (χ1) is 6.79. The van der Waals surface area contributed by atoms with Gasteiger partial charge in [0.05, 0.1) is 11.9 Å². The summed E-state index contributed by atoms with van der Waals surface area (Å²) in [6, 6.07) is 0.657. The Morgan fingerprint density at radius 1 is 1.57 bits per heavy atom. The standard InChI is InChI=1S/C11H19N3/c1-3-14-8-10(7-12-14)13-11-6-4-5-9(11)2/h7-9,11,13H,3-6H2,1-2H3. The van der Waals surface area contributed by atoms with Gasteiger partial charge in [0, 0.05) is 18.8 Å². The first kappa shape index (κ1) is 9.56. The molecule has 3 nitrogen and oxygen atoms in total. The van der Waals surface area contributed by atoms with E-state index in [9.17, 15) is 0 Å². The number of hydrogen-bond acceptors (Lipinski definition) is 2. The number of hydrogen-bond donors (Lipinski definition) is 1. The molecule has 1 N–H and O–H groups in total. The van der Waals surface area contributed by atoms with E-state index in [-0.39, 0.29) is 0 Å². The van der Waals surface area contributed by atoms with E-state index < -0.39 is 0 Å². The van der Waals surface area contributed by atoms with E-state index in [1.54, 1.807) is 0 Å². The number of rotatable bonds is 3. The highest BCUT2D eigenvalue weighted by atomic mass is 15.3. The van der Waals surface area contributed by atoms with Crippen molar-refractivity contribution in [2.24, 2.45) is 5.92 Å². The average Bonchev–Trinajstić information content (AvgIpc) is 2.77. The summed E-state index contributed by atoms with van der Waals surface area (Å²) in [5, 5.41) is 7.82. The van der Waals surface area contributed by atoms with Crippen LogP contribution in [0.5, 0.6) is 0 Å². The van der Waals surface area contributed by atoms with Crippen molar-refractivity contribution in [2.75, 3.05) is 5.32 Å². The molecule has 1 aromatic rings. The van der Waals surface area contributed by atoms with E-state index in [2.05, 4.69) is 30.5 Å². The lowest BCUT2D eigenvalue weighted by atomic mass is 10.1. The molecule has 2 unspecified atom stereocenters. The van der Waals surface area contributed by atoms with Gasteiger partial charge in [0.15, 0.2) is 0 Å². The van der Waals surface area contributed by atoms with E-state index >= 15 is 0 Å². The SMILES string of the molecule is CCn1cc(NC2CCCC2C)cn1. The molecule has 1 aromatic heterocycles. The molecule has 1 aliphatic carbocycles. The Morgan fingerprint density at radius 3 is 3.00 bits per heavy atom. The average molecular weight is 193 g/mol. The zero-order chi connectivity index (χ0) is 9.97. The molecule has 2 atom stereocenters. The molecule has 3 heteroatoms. The molecule has 0 spiro atoms. The van der Waals surface area contributed by atoms with Gasteiger partial charge in [-0.25, -0.2) is 0 Å². The van der Waals surface area contributed by atoms with E-state index in [0.717, 1.165) is 12.5 Å². The second-order valence-corrected chi connectivity index (χ2v) is 4.24. The van der Waals surface area contributed by atoms with Crippen LogP contribution in [-0.2, 0) is 6.54 Å². The third-order valence-corrected chi connectivity index (χ3v) is 3.17. The zero-order valence-electron chi connectivity index (χ0n) is 9.03. The minimum Gasteiger partial charge on any atom is -0.380 e. The van der Waals surface area contributed by atoms with Crippen molar-refractivity contribution < 1.29 is 0 Å². The van der Waals surface area contributed by atoms with Gasteiger partial charge < -0.3 is 5.32 Å². The van der Waals surface area contributed by atoms with Crippen LogP contribution in [0, 0.1) is 5.92 Å². The monoisotopic (exact) mass is 193 g/mol. The lowest BCUT2D eigenvalue weighted by molar-refractivity contribution is 0.556. The second kappa shape index (κ2) is 4.03. The Balaban J connectivity index is 1.96. The third kappa shape index (κ3) is 1.91. The summed E-state index contributed by atoms with van der Waals surface area (Å²) in [6.45, 7) is 5.38. The van der Waals surface area contributed by atoms with Crippen LogP contribution < -0.4 is 5.32 Å². The summed E-state index contributed by atoms with van der Waals surface area (Å²) >= 11 is 0. The fraction of sp³-hybridized carbons (Fsp3) is 0.727. The maximum atomic E-state index is 4.26. The van der Waals surface area contributed by atoms with Gasteiger partial charge >= 0.3 is 0 Å². The van der Waals surface area contributed by atoms with Crippen molar-refractivity contribution >= 4 is 5.69 Å².